The van der Waals surface area contributed by atoms with Crippen LogP contribution in [0.1, 0.15) is 0 Å². The summed E-state index contributed by atoms with van der Waals surface area (Å²) < 4.78 is 0. The second kappa shape index (κ2) is 6.35. The molecule has 0 aliphatic heterocycles. The van der Waals surface area contributed by atoms with Crippen molar-refractivity contribution in [3.63, 3.8) is 0 Å². The van der Waals surface area contributed by atoms with E-state index in [0.29, 0.717) is 0 Å². The van der Waals surface area contributed by atoms with Crippen LogP contribution in [0.25, 0.3) is 21.8 Å². The molecule has 0 saturated heterocycles. The minimum Gasteiger partial charge on any atom is -0.399 e. The van der Waals surface area contributed by atoms with E-state index in [1.54, 1.807) is 0 Å². The van der Waals surface area contributed by atoms with Gasteiger partial charge in [-0.2, -0.15) is 0 Å². The van der Waals surface area contributed by atoms with Crippen LogP contribution in [0.3, 0.4) is 0 Å². The van der Waals surface area contributed by atoms with E-state index < -0.39 is 0 Å². The summed E-state index contributed by atoms with van der Waals surface area (Å²) in [7, 11) is 0. The lowest BCUT2D eigenvalue weighted by Crippen LogP contribution is -2.11. The van der Waals surface area contributed by atoms with Gasteiger partial charge in [0.05, 0.1) is 11.2 Å². The van der Waals surface area contributed by atoms with E-state index >= 15 is 0 Å². The quantitative estimate of drug-likeness (QED) is 0.346. The minimum atomic E-state index is 0.726. The summed E-state index contributed by atoms with van der Waals surface area (Å²) >= 11 is 0. The van der Waals surface area contributed by atoms with Crippen molar-refractivity contribution < 1.29 is 0 Å². The van der Waals surface area contributed by atoms with Gasteiger partial charge in [-0.1, -0.05) is 36.4 Å². The smallest absolute Gasteiger partial charge is 0.0723 e. The van der Waals surface area contributed by atoms with Crippen LogP contribution in [-0.2, 0) is 0 Å². The number of nitrogens with one attached hydrogen (secondary N) is 1. The second-order valence-electron chi connectivity index (χ2n) is 6.90. The molecule has 0 fully saturated rings. The second-order valence-corrected chi connectivity index (χ2v) is 6.90. The van der Waals surface area contributed by atoms with Crippen molar-refractivity contribution in [2.45, 2.75) is 0 Å². The number of nitrogens with zero attached hydrogens (tertiary/aromatic N) is 1. The zero-order valence-electron chi connectivity index (χ0n) is 15.3. The normalized spacial score (nSPS) is 11.1. The number of hydrogen-bond acceptors (Lipinski definition) is 3. The number of rotatable bonds is 3. The molecule has 0 bridgehead atoms. The van der Waals surface area contributed by atoms with E-state index in [1.807, 2.05) is 66.7 Å². The first-order chi connectivity index (χ1) is 13.7. The molecular weight excluding hydrogens is 344 g/mol. The molecule has 28 heavy (non-hydrogen) atoms. The summed E-state index contributed by atoms with van der Waals surface area (Å²) in [6.07, 6.45) is 0. The summed E-state index contributed by atoms with van der Waals surface area (Å²) in [5, 5.41) is 2.28. The van der Waals surface area contributed by atoms with Gasteiger partial charge in [-0.3, -0.25) is 0 Å². The topological polar surface area (TPSA) is 71.1 Å². The molecular formula is C24H20N4. The predicted octanol–water partition coefficient (Wildman–Crippen LogP) is 5.96. The lowest BCUT2D eigenvalue weighted by atomic mass is 10.1. The number of hydrogen-bond donors (Lipinski definition) is 3. The maximum absolute atomic E-state index is 6.33. The maximum atomic E-state index is 6.33. The van der Waals surface area contributed by atoms with Gasteiger partial charge in [0.25, 0.3) is 0 Å². The fraction of sp³-hybridized carbons (Fsp3) is 0. The molecule has 136 valence electrons. The van der Waals surface area contributed by atoms with Gasteiger partial charge in [0.2, 0.25) is 0 Å². The van der Waals surface area contributed by atoms with Gasteiger partial charge >= 0.3 is 0 Å². The third kappa shape index (κ3) is 2.63. The number of anilines is 5. The third-order valence-corrected chi connectivity index (χ3v) is 5.02. The van der Waals surface area contributed by atoms with E-state index in [2.05, 4.69) is 34.1 Å². The van der Waals surface area contributed by atoms with Crippen LogP contribution in [0, 0.1) is 0 Å². The zero-order chi connectivity index (χ0) is 19.1. The molecule has 0 unspecified atom stereocenters. The summed E-state index contributed by atoms with van der Waals surface area (Å²) in [5.41, 5.74) is 18.9. The predicted molar refractivity (Wildman–Crippen MR) is 119 cm³/mol. The van der Waals surface area contributed by atoms with E-state index in [-0.39, 0.29) is 0 Å². The molecule has 0 aliphatic carbocycles. The van der Waals surface area contributed by atoms with Gasteiger partial charge < -0.3 is 21.4 Å². The molecule has 0 radical (unpaired) electrons. The van der Waals surface area contributed by atoms with Crippen LogP contribution in [0.2, 0.25) is 0 Å². The van der Waals surface area contributed by atoms with E-state index in [0.717, 1.165) is 50.2 Å². The Bertz CT molecular complexity index is 1270. The number of para-hydroxylation sites is 2. The molecule has 0 amide bonds. The molecule has 1 heterocycles. The summed E-state index contributed by atoms with van der Waals surface area (Å²) in [6.45, 7) is 0. The van der Waals surface area contributed by atoms with E-state index in [9.17, 15) is 0 Å². The first-order valence-corrected chi connectivity index (χ1v) is 9.21. The zero-order valence-corrected chi connectivity index (χ0v) is 15.3. The van der Waals surface area contributed by atoms with E-state index in [4.69, 9.17) is 11.5 Å². The first-order valence-electron chi connectivity index (χ1n) is 9.21. The Morgan fingerprint density at radius 3 is 2.07 bits per heavy atom. The average Bonchev–Trinajstić information content (AvgIpc) is 3.09. The maximum Gasteiger partial charge on any atom is 0.0723 e. The highest BCUT2D eigenvalue weighted by molar-refractivity contribution is 6.13. The van der Waals surface area contributed by atoms with E-state index in [1.165, 1.54) is 0 Å². The van der Waals surface area contributed by atoms with Crippen molar-refractivity contribution in [1.82, 2.24) is 4.98 Å². The molecule has 5 aromatic rings. The molecule has 5 N–H and O–H groups in total. The third-order valence-electron chi connectivity index (χ3n) is 5.02. The Morgan fingerprint density at radius 2 is 1.29 bits per heavy atom. The van der Waals surface area contributed by atoms with Gasteiger partial charge in [0.1, 0.15) is 0 Å². The van der Waals surface area contributed by atoms with Crippen LogP contribution >= 0.6 is 0 Å². The molecule has 4 aromatic carbocycles. The highest BCUT2D eigenvalue weighted by atomic mass is 15.1. The molecule has 0 aliphatic rings. The lowest BCUT2D eigenvalue weighted by Gasteiger charge is -2.26. The minimum absolute atomic E-state index is 0.726. The summed E-state index contributed by atoms with van der Waals surface area (Å²) in [5.74, 6) is 0. The molecule has 0 atom stereocenters. The summed E-state index contributed by atoms with van der Waals surface area (Å²) in [6, 6.07) is 30.5. The summed E-state index contributed by atoms with van der Waals surface area (Å²) in [4.78, 5) is 5.79. The fourth-order valence-corrected chi connectivity index (χ4v) is 3.76. The fourth-order valence-electron chi connectivity index (χ4n) is 3.76. The highest BCUT2D eigenvalue weighted by Crippen LogP contribution is 2.41. The number of nitrogen functional groups attached to an aromatic ring is 2. The molecule has 0 saturated carbocycles. The van der Waals surface area contributed by atoms with Crippen molar-refractivity contribution in [3.8, 4) is 0 Å². The van der Waals surface area contributed by atoms with Crippen molar-refractivity contribution >= 4 is 50.2 Å². The van der Waals surface area contributed by atoms with Gasteiger partial charge in [-0.25, -0.2) is 0 Å². The number of benzene rings is 4. The molecule has 1 aromatic heterocycles. The number of nitrogens with two attached hydrogens (primary N) is 2. The molecule has 4 nitrogen and oxygen atoms in total. The standard InChI is InChI=1S/C24H20N4/c25-16-10-12-19(13-11-16)28(18-6-2-1-3-7-18)23-15-17(26)14-21-20-8-4-5-9-22(20)27-24(21)23/h1-15,27H,25-26H2. The lowest BCUT2D eigenvalue weighted by molar-refractivity contribution is 1.29. The van der Waals surface area contributed by atoms with Gasteiger partial charge in [-0.05, 0) is 54.6 Å². The van der Waals surface area contributed by atoms with Crippen LogP contribution in [0.4, 0.5) is 28.4 Å². The number of aromatic amines is 1. The number of H-pyrrole nitrogens is 1. The van der Waals surface area contributed by atoms with Gasteiger partial charge in [0.15, 0.2) is 0 Å². The Morgan fingerprint density at radius 1 is 0.607 bits per heavy atom. The largest absolute Gasteiger partial charge is 0.399 e. The van der Waals surface area contributed by atoms with Crippen molar-refractivity contribution in [2.75, 3.05) is 16.4 Å². The monoisotopic (exact) mass is 364 g/mol. The molecule has 0 spiro atoms. The number of aromatic nitrogens is 1. The first kappa shape index (κ1) is 16.3. The van der Waals surface area contributed by atoms with Crippen LogP contribution in [0.15, 0.2) is 91.0 Å². The Balaban J connectivity index is 1.84. The number of fused-ring (bicyclic) bond motifs is 3. The SMILES string of the molecule is Nc1ccc(N(c2ccccc2)c2cc(N)cc3c2[nH]c2ccccc23)cc1. The van der Waals surface area contributed by atoms with Crippen molar-refractivity contribution in [2.24, 2.45) is 0 Å². The Labute approximate surface area is 163 Å². The van der Waals surface area contributed by atoms with Crippen LogP contribution in [0.5, 0.6) is 0 Å². The Kier molecular flexibility index (Phi) is 3.69. The molecule has 4 heteroatoms. The van der Waals surface area contributed by atoms with Crippen LogP contribution in [-0.4, -0.2) is 4.98 Å². The average molecular weight is 364 g/mol. The van der Waals surface area contributed by atoms with Gasteiger partial charge in [-0.15, -0.1) is 0 Å². The Hall–Kier alpha value is -3.92. The van der Waals surface area contributed by atoms with Crippen molar-refractivity contribution in [1.29, 1.82) is 0 Å². The highest BCUT2D eigenvalue weighted by Gasteiger charge is 2.18. The van der Waals surface area contributed by atoms with Crippen LogP contribution < -0.4 is 16.4 Å². The van der Waals surface area contributed by atoms with Gasteiger partial charge in [0, 0.05) is 39.0 Å². The van der Waals surface area contributed by atoms with Crippen molar-refractivity contribution in [3.05, 3.63) is 91.0 Å². The molecule has 5 rings (SSSR count).